The fourth-order valence-electron chi connectivity index (χ4n) is 3.85. The Bertz CT molecular complexity index is 721. The number of carbonyl (C=O) groups excluding carboxylic acids is 1. The summed E-state index contributed by atoms with van der Waals surface area (Å²) >= 11 is 0. The molecule has 1 heterocycles. The first-order valence-electron chi connectivity index (χ1n) is 12.3. The highest BCUT2D eigenvalue weighted by atomic mass is 16.5. The second-order valence-corrected chi connectivity index (χ2v) is 9.49. The van der Waals surface area contributed by atoms with Crippen molar-refractivity contribution in [2.45, 2.75) is 105 Å². The van der Waals surface area contributed by atoms with Gasteiger partial charge in [0.15, 0.2) is 0 Å². The zero-order chi connectivity index (χ0) is 23.1. The van der Waals surface area contributed by atoms with Crippen LogP contribution in [0.4, 0.5) is 0 Å². The lowest BCUT2D eigenvalue weighted by Gasteiger charge is -2.21. The van der Waals surface area contributed by atoms with Gasteiger partial charge < -0.3 is 9.30 Å². The van der Waals surface area contributed by atoms with Gasteiger partial charge in [0.2, 0.25) is 0 Å². The van der Waals surface area contributed by atoms with Gasteiger partial charge >= 0.3 is 11.7 Å². The van der Waals surface area contributed by atoms with Crippen LogP contribution in [0.5, 0.6) is 0 Å². The molecule has 31 heavy (non-hydrogen) atoms. The average Bonchev–Trinajstić information content (AvgIpc) is 2.70. The smallest absolute Gasteiger partial charge is 0.328 e. The van der Waals surface area contributed by atoms with E-state index in [1.165, 1.54) is 44.6 Å². The molecule has 0 fully saturated rings. The van der Waals surface area contributed by atoms with Gasteiger partial charge in [0.05, 0.1) is 12.5 Å². The Balaban J connectivity index is 1.94. The standard InChI is InChI=1S/C25H44N2O4/c1-20(2)19-22(21(3)4)24(29)31-18-14-12-10-8-6-5-7-9-11-13-16-27-17-15-23(28)26-25(27)30/h15,17,20-22H,5-14,16,18-19H2,1-4H3,(H,26,28,30). The summed E-state index contributed by atoms with van der Waals surface area (Å²) in [4.78, 5) is 37.2. The Morgan fingerprint density at radius 3 is 1.97 bits per heavy atom. The van der Waals surface area contributed by atoms with E-state index < -0.39 is 0 Å². The molecule has 0 saturated heterocycles. The zero-order valence-electron chi connectivity index (χ0n) is 20.2. The van der Waals surface area contributed by atoms with E-state index in [1.807, 2.05) is 0 Å². The first kappa shape index (κ1) is 27.2. The molecule has 178 valence electrons. The molecule has 1 atom stereocenters. The van der Waals surface area contributed by atoms with Crippen molar-refractivity contribution >= 4 is 5.97 Å². The third-order valence-corrected chi connectivity index (χ3v) is 5.77. The van der Waals surface area contributed by atoms with Crippen molar-refractivity contribution < 1.29 is 9.53 Å². The molecule has 0 bridgehead atoms. The normalized spacial score (nSPS) is 12.5. The highest BCUT2D eigenvalue weighted by Gasteiger charge is 2.24. The van der Waals surface area contributed by atoms with E-state index in [0.717, 1.165) is 32.1 Å². The molecule has 6 nitrogen and oxygen atoms in total. The first-order valence-corrected chi connectivity index (χ1v) is 12.3. The molecule has 0 aliphatic rings. The number of hydrogen-bond acceptors (Lipinski definition) is 4. The Morgan fingerprint density at radius 2 is 1.45 bits per heavy atom. The number of aromatic nitrogens is 2. The minimum Gasteiger partial charge on any atom is -0.465 e. The van der Waals surface area contributed by atoms with Gasteiger partial charge in [-0.3, -0.25) is 14.6 Å². The van der Waals surface area contributed by atoms with E-state index in [1.54, 1.807) is 10.8 Å². The van der Waals surface area contributed by atoms with Crippen LogP contribution in [0.25, 0.3) is 0 Å². The number of H-pyrrole nitrogens is 1. The molecule has 1 rings (SSSR count). The molecule has 1 aromatic rings. The van der Waals surface area contributed by atoms with Crippen LogP contribution in [0.15, 0.2) is 21.9 Å². The fourth-order valence-corrected chi connectivity index (χ4v) is 3.85. The van der Waals surface area contributed by atoms with Gasteiger partial charge in [0.1, 0.15) is 0 Å². The van der Waals surface area contributed by atoms with E-state index >= 15 is 0 Å². The number of nitrogens with zero attached hydrogens (tertiary/aromatic N) is 1. The van der Waals surface area contributed by atoms with Crippen LogP contribution in [-0.4, -0.2) is 22.1 Å². The van der Waals surface area contributed by atoms with Crippen molar-refractivity contribution in [2.75, 3.05) is 6.61 Å². The number of rotatable bonds is 17. The molecule has 6 heteroatoms. The summed E-state index contributed by atoms with van der Waals surface area (Å²) in [5, 5.41) is 0. The number of aryl methyl sites for hydroxylation is 1. The molecule has 0 saturated carbocycles. The minimum absolute atomic E-state index is 0.0193. The van der Waals surface area contributed by atoms with Gasteiger partial charge in [-0.05, 0) is 31.1 Å². The number of carbonyl (C=O) groups is 1. The lowest BCUT2D eigenvalue weighted by Crippen LogP contribution is -2.28. The van der Waals surface area contributed by atoms with Crippen molar-refractivity contribution in [3.8, 4) is 0 Å². The monoisotopic (exact) mass is 436 g/mol. The molecule has 1 unspecified atom stereocenters. The fraction of sp³-hybridized carbons (Fsp3) is 0.800. The van der Waals surface area contributed by atoms with Crippen LogP contribution in [-0.2, 0) is 16.1 Å². The Labute approximate surface area is 187 Å². The third-order valence-electron chi connectivity index (χ3n) is 5.77. The number of hydrogen-bond donors (Lipinski definition) is 1. The van der Waals surface area contributed by atoms with Crippen LogP contribution in [0.1, 0.15) is 98.3 Å². The Hall–Kier alpha value is -1.85. The van der Waals surface area contributed by atoms with Crippen molar-refractivity contribution in [1.29, 1.82) is 0 Å². The van der Waals surface area contributed by atoms with Gasteiger partial charge in [0, 0.05) is 18.8 Å². The quantitative estimate of drug-likeness (QED) is 0.265. The number of esters is 1. The summed E-state index contributed by atoms with van der Waals surface area (Å²) in [5.41, 5.74) is -0.666. The number of unbranched alkanes of at least 4 members (excludes halogenated alkanes) is 9. The summed E-state index contributed by atoms with van der Waals surface area (Å²) < 4.78 is 7.08. The van der Waals surface area contributed by atoms with Crippen molar-refractivity contribution in [3.05, 3.63) is 33.1 Å². The van der Waals surface area contributed by atoms with Crippen LogP contribution in [0, 0.1) is 17.8 Å². The van der Waals surface area contributed by atoms with Gasteiger partial charge in [0.25, 0.3) is 5.56 Å². The predicted molar refractivity (Wildman–Crippen MR) is 126 cm³/mol. The predicted octanol–water partition coefficient (Wildman–Crippen LogP) is 5.30. The average molecular weight is 437 g/mol. The van der Waals surface area contributed by atoms with Crippen LogP contribution in [0.3, 0.4) is 0 Å². The molecule has 0 spiro atoms. The molecule has 1 N–H and O–H groups in total. The van der Waals surface area contributed by atoms with E-state index in [4.69, 9.17) is 4.74 Å². The molecule has 1 aromatic heterocycles. The van der Waals surface area contributed by atoms with E-state index in [9.17, 15) is 14.4 Å². The lowest BCUT2D eigenvalue weighted by molar-refractivity contribution is -0.151. The maximum atomic E-state index is 12.3. The topological polar surface area (TPSA) is 81.2 Å². The highest BCUT2D eigenvalue weighted by molar-refractivity contribution is 5.72. The van der Waals surface area contributed by atoms with Gasteiger partial charge in [-0.25, -0.2) is 4.79 Å². The molecule has 0 aromatic carbocycles. The van der Waals surface area contributed by atoms with Crippen LogP contribution in [0.2, 0.25) is 0 Å². The number of ether oxygens (including phenoxy) is 1. The molecular formula is C25H44N2O4. The van der Waals surface area contributed by atoms with Crippen molar-refractivity contribution in [3.63, 3.8) is 0 Å². The second kappa shape index (κ2) is 15.9. The Kier molecular flexibility index (Phi) is 13.9. The molecule has 0 amide bonds. The molecular weight excluding hydrogens is 392 g/mol. The van der Waals surface area contributed by atoms with E-state index in [2.05, 4.69) is 32.7 Å². The first-order chi connectivity index (χ1) is 14.8. The molecule has 0 radical (unpaired) electrons. The van der Waals surface area contributed by atoms with Gasteiger partial charge in [-0.2, -0.15) is 0 Å². The molecule has 0 aliphatic carbocycles. The van der Waals surface area contributed by atoms with Crippen molar-refractivity contribution in [1.82, 2.24) is 9.55 Å². The van der Waals surface area contributed by atoms with Gasteiger partial charge in [-0.1, -0.05) is 79.1 Å². The van der Waals surface area contributed by atoms with Gasteiger partial charge in [-0.15, -0.1) is 0 Å². The summed E-state index contributed by atoms with van der Waals surface area (Å²) in [7, 11) is 0. The Morgan fingerprint density at radius 1 is 0.903 bits per heavy atom. The van der Waals surface area contributed by atoms with E-state index in [0.29, 0.717) is 25.0 Å². The maximum Gasteiger partial charge on any atom is 0.328 e. The second-order valence-electron chi connectivity index (χ2n) is 9.49. The lowest BCUT2D eigenvalue weighted by atomic mass is 9.88. The molecule has 0 aliphatic heterocycles. The number of nitrogens with one attached hydrogen (secondary N) is 1. The maximum absolute atomic E-state index is 12.3. The summed E-state index contributed by atoms with van der Waals surface area (Å²) in [6.07, 6.45) is 14.0. The summed E-state index contributed by atoms with van der Waals surface area (Å²) in [6, 6.07) is 1.39. The number of aromatic amines is 1. The van der Waals surface area contributed by atoms with Crippen LogP contribution >= 0.6 is 0 Å². The summed E-state index contributed by atoms with van der Waals surface area (Å²) in [5.74, 6) is 0.855. The van der Waals surface area contributed by atoms with Crippen molar-refractivity contribution in [2.24, 2.45) is 17.8 Å². The highest BCUT2D eigenvalue weighted by Crippen LogP contribution is 2.22. The summed E-state index contributed by atoms with van der Waals surface area (Å²) in [6.45, 7) is 9.72. The SMILES string of the molecule is CC(C)CC(C(=O)OCCCCCCCCCCCCn1ccc(=O)[nH]c1=O)C(C)C. The largest absolute Gasteiger partial charge is 0.465 e. The minimum atomic E-state index is -0.344. The third kappa shape index (κ3) is 12.6. The van der Waals surface area contributed by atoms with Crippen LogP contribution < -0.4 is 11.2 Å². The zero-order valence-corrected chi connectivity index (χ0v) is 20.2. The van der Waals surface area contributed by atoms with E-state index in [-0.39, 0.29) is 23.1 Å².